The van der Waals surface area contributed by atoms with Crippen LogP contribution in [0.4, 0.5) is 0 Å². The van der Waals surface area contributed by atoms with Gasteiger partial charge in [-0.2, -0.15) is 0 Å². The third-order valence-electron chi connectivity index (χ3n) is 3.99. The van der Waals surface area contributed by atoms with Crippen LogP contribution in [0, 0.1) is 0 Å². The number of para-hydroxylation sites is 1. The fourth-order valence-electron chi connectivity index (χ4n) is 2.70. The van der Waals surface area contributed by atoms with Crippen LogP contribution >= 0.6 is 0 Å². The molecule has 1 amide bonds. The summed E-state index contributed by atoms with van der Waals surface area (Å²) in [7, 11) is 4.29. The first-order chi connectivity index (χ1) is 12.6. The number of methoxy groups -OCH3 is 3. The van der Waals surface area contributed by atoms with Crippen molar-refractivity contribution in [1.29, 1.82) is 0 Å². The van der Waals surface area contributed by atoms with Crippen LogP contribution in [0.1, 0.15) is 17.2 Å². The van der Waals surface area contributed by atoms with Gasteiger partial charge in [-0.15, -0.1) is 0 Å². The van der Waals surface area contributed by atoms with Gasteiger partial charge in [-0.25, -0.2) is 4.79 Å². The van der Waals surface area contributed by atoms with Gasteiger partial charge in [0.15, 0.2) is 6.10 Å². The van der Waals surface area contributed by atoms with Gasteiger partial charge < -0.3 is 19.5 Å². The molecule has 6 heteroatoms. The van der Waals surface area contributed by atoms with Gasteiger partial charge in [-0.05, 0) is 17.2 Å². The van der Waals surface area contributed by atoms with Gasteiger partial charge in [-0.1, -0.05) is 48.5 Å². The molecule has 0 aromatic heterocycles. The summed E-state index contributed by atoms with van der Waals surface area (Å²) in [6.45, 7) is 0. The molecule has 0 heterocycles. The second-order valence-corrected chi connectivity index (χ2v) is 5.63. The van der Waals surface area contributed by atoms with Crippen molar-refractivity contribution in [1.82, 2.24) is 5.32 Å². The number of rotatable bonds is 8. The third kappa shape index (κ3) is 4.83. The van der Waals surface area contributed by atoms with Crippen molar-refractivity contribution in [2.45, 2.75) is 18.6 Å². The molecule has 2 aromatic carbocycles. The van der Waals surface area contributed by atoms with Crippen molar-refractivity contribution in [2.24, 2.45) is 0 Å². The number of esters is 1. The molecule has 26 heavy (non-hydrogen) atoms. The second kappa shape index (κ2) is 9.58. The molecule has 6 nitrogen and oxygen atoms in total. The molecule has 0 saturated heterocycles. The molecule has 2 aromatic rings. The minimum atomic E-state index is -0.856. The molecule has 138 valence electrons. The molecule has 0 radical (unpaired) electrons. The maximum atomic E-state index is 12.7. The number of hydrogen-bond donors (Lipinski definition) is 1. The molecule has 0 aliphatic rings. The Hall–Kier alpha value is -2.86. The predicted molar refractivity (Wildman–Crippen MR) is 96.8 cm³/mol. The Bertz CT molecular complexity index is 732. The van der Waals surface area contributed by atoms with Gasteiger partial charge in [0.05, 0.1) is 14.2 Å². The number of nitrogens with one attached hydrogen (secondary N) is 1. The molecule has 0 aliphatic heterocycles. The summed E-state index contributed by atoms with van der Waals surface area (Å²) in [6.07, 6.45) is -0.575. The minimum Gasteiger partial charge on any atom is -0.496 e. The first-order valence-electron chi connectivity index (χ1n) is 8.18. The van der Waals surface area contributed by atoms with E-state index in [2.05, 4.69) is 5.32 Å². The minimum absolute atomic E-state index is 0.244. The molecule has 0 unspecified atom stereocenters. The highest BCUT2D eigenvalue weighted by Gasteiger charge is 2.28. The van der Waals surface area contributed by atoms with E-state index in [4.69, 9.17) is 14.2 Å². The van der Waals surface area contributed by atoms with Gasteiger partial charge in [0.25, 0.3) is 5.91 Å². The molecule has 0 bridgehead atoms. The highest BCUT2D eigenvalue weighted by molar-refractivity contribution is 5.88. The Morgan fingerprint density at radius 3 is 2.23 bits per heavy atom. The SMILES string of the molecule is COC(=O)[C@H](Cc1ccccc1OC)NC(=O)[C@@H](OC)c1ccccc1. The predicted octanol–water partition coefficient (Wildman–Crippen LogP) is 2.28. The Morgan fingerprint density at radius 1 is 0.962 bits per heavy atom. The molecule has 0 aliphatic carbocycles. The van der Waals surface area contributed by atoms with Crippen LogP contribution in [0.15, 0.2) is 54.6 Å². The van der Waals surface area contributed by atoms with Crippen LogP contribution in [-0.4, -0.2) is 39.2 Å². The Balaban J connectivity index is 2.19. The quantitative estimate of drug-likeness (QED) is 0.734. The first kappa shape index (κ1) is 19.5. The third-order valence-corrected chi connectivity index (χ3v) is 3.99. The lowest BCUT2D eigenvalue weighted by Crippen LogP contribution is -2.45. The highest BCUT2D eigenvalue weighted by Crippen LogP contribution is 2.21. The zero-order valence-electron chi connectivity index (χ0n) is 15.1. The second-order valence-electron chi connectivity index (χ2n) is 5.63. The molecule has 0 fully saturated rings. The number of ether oxygens (including phenoxy) is 3. The van der Waals surface area contributed by atoms with Crippen molar-refractivity contribution in [2.75, 3.05) is 21.3 Å². The molecule has 0 saturated carbocycles. The van der Waals surface area contributed by atoms with Crippen molar-refractivity contribution >= 4 is 11.9 Å². The van der Waals surface area contributed by atoms with Crippen LogP contribution in [-0.2, 0) is 25.5 Å². The lowest BCUT2D eigenvalue weighted by atomic mass is 10.0. The summed E-state index contributed by atoms with van der Waals surface area (Å²) in [5.74, 6) is -0.307. The van der Waals surface area contributed by atoms with E-state index in [1.54, 1.807) is 25.3 Å². The Labute approximate surface area is 153 Å². The number of hydrogen-bond acceptors (Lipinski definition) is 5. The maximum absolute atomic E-state index is 12.7. The standard InChI is InChI=1S/C20H23NO5/c1-24-17-12-8-7-11-15(17)13-16(20(23)26-3)21-19(22)18(25-2)14-9-5-4-6-10-14/h4-12,16,18H,13H2,1-3H3,(H,21,22)/t16-,18-/m0/s1. The van der Waals surface area contributed by atoms with Gasteiger partial charge in [-0.3, -0.25) is 4.79 Å². The van der Waals surface area contributed by atoms with Crippen LogP contribution in [0.3, 0.4) is 0 Å². The van der Waals surface area contributed by atoms with E-state index in [0.29, 0.717) is 11.3 Å². The van der Waals surface area contributed by atoms with Gasteiger partial charge in [0.2, 0.25) is 0 Å². The molecule has 2 atom stereocenters. The fraction of sp³-hybridized carbons (Fsp3) is 0.300. The average Bonchev–Trinajstić information content (AvgIpc) is 2.68. The van der Waals surface area contributed by atoms with Crippen LogP contribution in [0.25, 0.3) is 0 Å². The molecular weight excluding hydrogens is 334 g/mol. The lowest BCUT2D eigenvalue weighted by Gasteiger charge is -2.21. The van der Waals surface area contributed by atoms with Crippen molar-refractivity contribution < 1.29 is 23.8 Å². The zero-order chi connectivity index (χ0) is 18.9. The summed E-state index contributed by atoms with van der Waals surface area (Å²) in [6, 6.07) is 15.5. The van der Waals surface area contributed by atoms with E-state index in [0.717, 1.165) is 5.56 Å². The van der Waals surface area contributed by atoms with Gasteiger partial charge in [0.1, 0.15) is 11.8 Å². The zero-order valence-corrected chi connectivity index (χ0v) is 15.1. The van der Waals surface area contributed by atoms with Crippen molar-refractivity contribution in [3.05, 3.63) is 65.7 Å². The van der Waals surface area contributed by atoms with Gasteiger partial charge >= 0.3 is 5.97 Å². The Kier molecular flexibility index (Phi) is 7.17. The number of benzene rings is 2. The normalized spacial score (nSPS) is 12.7. The van der Waals surface area contributed by atoms with Crippen LogP contribution in [0.5, 0.6) is 5.75 Å². The van der Waals surface area contributed by atoms with Crippen molar-refractivity contribution in [3.63, 3.8) is 0 Å². The molecule has 2 rings (SSSR count). The summed E-state index contributed by atoms with van der Waals surface area (Å²) in [4.78, 5) is 24.9. The van der Waals surface area contributed by atoms with E-state index >= 15 is 0 Å². The fourth-order valence-corrected chi connectivity index (χ4v) is 2.70. The number of carbonyl (C=O) groups is 2. The van der Waals surface area contributed by atoms with E-state index in [1.165, 1.54) is 14.2 Å². The summed E-state index contributed by atoms with van der Waals surface area (Å²) in [5, 5.41) is 2.72. The smallest absolute Gasteiger partial charge is 0.328 e. The summed E-state index contributed by atoms with van der Waals surface area (Å²) in [5.41, 5.74) is 1.49. The molecular formula is C20H23NO5. The monoisotopic (exact) mass is 357 g/mol. The average molecular weight is 357 g/mol. The molecule has 1 N–H and O–H groups in total. The number of amides is 1. The van der Waals surface area contributed by atoms with Crippen LogP contribution in [0.2, 0.25) is 0 Å². The number of carbonyl (C=O) groups excluding carboxylic acids is 2. The Morgan fingerprint density at radius 2 is 1.62 bits per heavy atom. The lowest BCUT2D eigenvalue weighted by molar-refractivity contribution is -0.146. The van der Waals surface area contributed by atoms with E-state index in [9.17, 15) is 9.59 Å². The van der Waals surface area contributed by atoms with Crippen molar-refractivity contribution in [3.8, 4) is 5.75 Å². The first-order valence-corrected chi connectivity index (χ1v) is 8.18. The summed E-state index contributed by atoms with van der Waals surface area (Å²) < 4.78 is 15.5. The van der Waals surface area contributed by atoms with E-state index in [-0.39, 0.29) is 6.42 Å². The van der Waals surface area contributed by atoms with E-state index in [1.807, 2.05) is 36.4 Å². The largest absolute Gasteiger partial charge is 0.496 e. The maximum Gasteiger partial charge on any atom is 0.328 e. The van der Waals surface area contributed by atoms with Gasteiger partial charge in [0, 0.05) is 13.5 Å². The van der Waals surface area contributed by atoms with Crippen LogP contribution < -0.4 is 10.1 Å². The topological polar surface area (TPSA) is 73.9 Å². The van der Waals surface area contributed by atoms with E-state index < -0.39 is 24.0 Å². The molecule has 0 spiro atoms. The summed E-state index contributed by atoms with van der Waals surface area (Å²) >= 11 is 0. The highest BCUT2D eigenvalue weighted by atomic mass is 16.5.